The third-order valence-electron chi connectivity index (χ3n) is 9.73. The lowest BCUT2D eigenvalue weighted by atomic mass is 10.0. The van der Waals surface area contributed by atoms with Crippen LogP contribution in [0.15, 0.2) is 151 Å². The van der Waals surface area contributed by atoms with Gasteiger partial charge in [-0.2, -0.15) is 0 Å². The molecule has 0 saturated carbocycles. The molecule has 0 radical (unpaired) electrons. The van der Waals surface area contributed by atoms with Gasteiger partial charge in [0.25, 0.3) is 5.24 Å². The summed E-state index contributed by atoms with van der Waals surface area (Å²) in [6.07, 6.45) is 0.883. The molecule has 3 aliphatic heterocycles. The van der Waals surface area contributed by atoms with Crippen LogP contribution in [0.4, 0.5) is 0 Å². The van der Waals surface area contributed by atoms with Crippen LogP contribution in [0, 0.1) is 14.3 Å². The molecule has 0 unspecified atom stereocenters. The van der Waals surface area contributed by atoms with Gasteiger partial charge in [-0.1, -0.05) is 50.1 Å². The molecule has 0 saturated heterocycles. The summed E-state index contributed by atoms with van der Waals surface area (Å²) >= 11 is 27.4. The standard InChI is InChI=1S/C15H10BrIO3.C15H12BrIO2.C8H8O2.C7H3BrClIO.C7H4BrIO2/c16-12-3-2-10(17)8-11(12)15(18)9-1-4-13-14(7-9)20-6-5-19-13;16-13-3-2-12(17)9-11(13)7-10-1-4-14-15(8-10)19-6-5-18-14;1-2-4-8-7(3-1)9-5-6-10-8;8-6-2-1-4(10)3-5(6)7(9)11;8-6-2-1-4(9)3-5(6)7(10)11/h1-4,7-8H,5-6H2;1-4,8-9H,5-7H2;1-4H,5-6H2;1-3H;1-3H,(H,10,11). The number of ether oxygens (including phenoxy) is 6. The Morgan fingerprint density at radius 3 is 1.32 bits per heavy atom. The summed E-state index contributed by atoms with van der Waals surface area (Å²) in [4.78, 5) is 33.9. The second-order valence-corrected chi connectivity index (χ2v) is 23.4. The molecule has 7 aromatic carbocycles. The summed E-state index contributed by atoms with van der Waals surface area (Å²) < 4.78 is 40.2. The minimum Gasteiger partial charge on any atom is -0.486 e. The topological polar surface area (TPSA) is 127 Å². The van der Waals surface area contributed by atoms with E-state index in [2.05, 4.69) is 184 Å². The van der Waals surface area contributed by atoms with Gasteiger partial charge in [0.15, 0.2) is 40.3 Å². The van der Waals surface area contributed by atoms with E-state index >= 15 is 0 Å². The highest BCUT2D eigenvalue weighted by atomic mass is 127. The van der Waals surface area contributed by atoms with Crippen LogP contribution in [-0.2, 0) is 6.42 Å². The van der Waals surface area contributed by atoms with Gasteiger partial charge in [-0.05, 0) is 267 Å². The predicted molar refractivity (Wildman–Crippen MR) is 323 cm³/mol. The van der Waals surface area contributed by atoms with E-state index in [1.54, 1.807) is 42.5 Å². The lowest BCUT2D eigenvalue weighted by molar-refractivity contribution is 0.0695. The van der Waals surface area contributed by atoms with Crippen LogP contribution >= 0.6 is 166 Å². The van der Waals surface area contributed by atoms with Gasteiger partial charge in [-0.15, -0.1) is 0 Å². The number of carbonyl (C=O) groups excluding carboxylic acids is 2. The van der Waals surface area contributed by atoms with E-state index in [0.29, 0.717) is 77.9 Å². The van der Waals surface area contributed by atoms with Crippen molar-refractivity contribution in [3.05, 3.63) is 199 Å². The molecule has 0 fully saturated rings. The van der Waals surface area contributed by atoms with Crippen molar-refractivity contribution in [3.8, 4) is 34.5 Å². The molecule has 0 aliphatic carbocycles. The normalized spacial score (nSPS) is 12.4. The van der Waals surface area contributed by atoms with Crippen LogP contribution < -0.4 is 28.4 Å². The van der Waals surface area contributed by atoms with Gasteiger partial charge >= 0.3 is 5.97 Å². The predicted octanol–water partition coefficient (Wildman–Crippen LogP) is 16.1. The average molecular weight is 1680 g/mol. The summed E-state index contributed by atoms with van der Waals surface area (Å²) in [5.41, 5.74) is 4.57. The van der Waals surface area contributed by atoms with Crippen molar-refractivity contribution in [2.24, 2.45) is 0 Å². The van der Waals surface area contributed by atoms with E-state index in [-0.39, 0.29) is 5.78 Å². The SMILES string of the molecule is Brc1ccc(I)cc1Cc1ccc2c(c1)OCCO2.O=C(Cl)c1cc(I)ccc1Br.O=C(O)c1cc(I)ccc1Br.O=C(c1ccc2c(c1)OCCO2)c1cc(I)ccc1Br.c1ccc2c(c1)OCCO2. The summed E-state index contributed by atoms with van der Waals surface area (Å²) in [5.74, 6) is 3.78. The molecular formula is C52H37Br4ClI4O10. The minimum atomic E-state index is -0.907. The zero-order valence-corrected chi connectivity index (χ0v) is 52.4. The maximum absolute atomic E-state index is 12.6. The molecule has 0 amide bonds. The molecule has 3 heterocycles. The molecule has 0 spiro atoms. The number of carboxylic acids is 1. The van der Waals surface area contributed by atoms with Crippen LogP contribution in [0.3, 0.4) is 0 Å². The first kappa shape index (κ1) is 57.6. The molecule has 10 nitrogen and oxygen atoms in total. The van der Waals surface area contributed by atoms with E-state index in [1.807, 2.05) is 60.7 Å². The maximum Gasteiger partial charge on any atom is 0.336 e. The first-order valence-electron chi connectivity index (χ1n) is 21.0. The fourth-order valence-electron chi connectivity index (χ4n) is 6.41. The van der Waals surface area contributed by atoms with Gasteiger partial charge in [0.2, 0.25) is 0 Å². The smallest absolute Gasteiger partial charge is 0.336 e. The molecule has 0 atom stereocenters. The first-order chi connectivity index (χ1) is 34.1. The zero-order valence-electron chi connectivity index (χ0n) is 36.7. The van der Waals surface area contributed by atoms with Crippen molar-refractivity contribution in [2.45, 2.75) is 6.42 Å². The largest absolute Gasteiger partial charge is 0.486 e. The van der Waals surface area contributed by atoms with Crippen LogP contribution in [-0.4, -0.2) is 61.7 Å². The summed E-state index contributed by atoms with van der Waals surface area (Å²) in [6.45, 7) is 3.65. The van der Waals surface area contributed by atoms with E-state index < -0.39 is 11.2 Å². The van der Waals surface area contributed by atoms with Gasteiger partial charge in [0, 0.05) is 48.9 Å². The number of benzene rings is 7. The molecular weight excluding hydrogens is 1650 g/mol. The molecule has 0 bridgehead atoms. The number of rotatable bonds is 6. The molecule has 3 aliphatic rings. The lowest BCUT2D eigenvalue weighted by Gasteiger charge is -2.19. The van der Waals surface area contributed by atoms with Gasteiger partial charge < -0.3 is 33.5 Å². The maximum atomic E-state index is 12.6. The fourth-order valence-corrected chi connectivity index (χ4v) is 10.4. The van der Waals surface area contributed by atoms with Gasteiger partial charge in [0.05, 0.1) is 5.56 Å². The van der Waals surface area contributed by atoms with Gasteiger partial charge in [0.1, 0.15) is 39.6 Å². The number of para-hydroxylation sites is 2. The highest BCUT2D eigenvalue weighted by molar-refractivity contribution is 14.1. The van der Waals surface area contributed by atoms with Crippen molar-refractivity contribution in [2.75, 3.05) is 39.6 Å². The number of ketones is 1. The Hall–Kier alpha value is -2.72. The van der Waals surface area contributed by atoms with E-state index in [0.717, 1.165) is 53.5 Å². The molecule has 19 heteroatoms. The number of carbonyl (C=O) groups is 3. The van der Waals surface area contributed by atoms with E-state index in [1.165, 1.54) is 14.7 Å². The van der Waals surface area contributed by atoms with Crippen molar-refractivity contribution in [1.29, 1.82) is 0 Å². The average Bonchev–Trinajstić information content (AvgIpc) is 3.37. The third-order valence-corrected chi connectivity index (χ3v) is 15.5. The number of halogens is 9. The monoisotopic (exact) mass is 1680 g/mol. The number of fused-ring (bicyclic) bond motifs is 3. The van der Waals surface area contributed by atoms with Gasteiger partial charge in [-0.3, -0.25) is 9.59 Å². The zero-order chi connectivity index (χ0) is 51.0. The van der Waals surface area contributed by atoms with Crippen LogP contribution in [0.5, 0.6) is 34.5 Å². The molecule has 7 aromatic rings. The molecule has 0 aromatic heterocycles. The fraction of sp³-hybridized carbons (Fsp3) is 0.135. The highest BCUT2D eigenvalue weighted by Gasteiger charge is 2.19. The van der Waals surface area contributed by atoms with Crippen molar-refractivity contribution < 1.29 is 47.9 Å². The summed E-state index contributed by atoms with van der Waals surface area (Å²) in [7, 11) is 0. The number of aromatic carboxylic acids is 1. The molecule has 71 heavy (non-hydrogen) atoms. The van der Waals surface area contributed by atoms with Crippen LogP contribution in [0.2, 0.25) is 0 Å². The molecule has 1 N–H and O–H groups in total. The Morgan fingerprint density at radius 2 is 0.845 bits per heavy atom. The van der Waals surface area contributed by atoms with E-state index in [4.69, 9.17) is 45.1 Å². The Morgan fingerprint density at radius 1 is 0.451 bits per heavy atom. The Kier molecular flexibility index (Phi) is 23.4. The quantitative estimate of drug-likeness (QED) is 0.0977. The molecule has 10 rings (SSSR count). The number of carboxylic acid groups (broad SMARTS) is 1. The van der Waals surface area contributed by atoms with Crippen LogP contribution in [0.1, 0.15) is 47.8 Å². The van der Waals surface area contributed by atoms with Gasteiger partial charge in [-0.25, -0.2) is 4.79 Å². The second kappa shape index (κ2) is 28.8. The Bertz CT molecular complexity index is 2950. The molecule has 368 valence electrons. The summed E-state index contributed by atoms with van der Waals surface area (Å²) in [6, 6.07) is 41.8. The Labute approximate surface area is 503 Å². The van der Waals surface area contributed by atoms with Crippen molar-refractivity contribution >= 4 is 183 Å². The van der Waals surface area contributed by atoms with E-state index in [9.17, 15) is 14.4 Å². The first-order valence-corrected chi connectivity index (χ1v) is 28.8. The van der Waals surface area contributed by atoms with Crippen molar-refractivity contribution in [1.82, 2.24) is 0 Å². The van der Waals surface area contributed by atoms with Crippen LogP contribution in [0.25, 0.3) is 0 Å². The number of hydrogen-bond donors (Lipinski definition) is 1. The number of hydrogen-bond acceptors (Lipinski definition) is 9. The Balaban J connectivity index is 0.000000150. The third kappa shape index (κ3) is 17.7. The second-order valence-electron chi connectivity index (χ2n) is 14.7. The highest BCUT2D eigenvalue weighted by Crippen LogP contribution is 2.34. The lowest BCUT2D eigenvalue weighted by Crippen LogP contribution is -2.16. The minimum absolute atomic E-state index is 0.0348. The summed E-state index contributed by atoms with van der Waals surface area (Å²) in [5, 5.41) is 8.22. The van der Waals surface area contributed by atoms with Crippen molar-refractivity contribution in [3.63, 3.8) is 0 Å².